The molecule has 0 aliphatic carbocycles. The van der Waals surface area contributed by atoms with Crippen LogP contribution in [0.3, 0.4) is 0 Å². The van der Waals surface area contributed by atoms with E-state index in [1.165, 1.54) is 0 Å². The number of fused-ring (bicyclic) bond motifs is 2. The van der Waals surface area contributed by atoms with Crippen molar-refractivity contribution in [3.05, 3.63) is 28.9 Å². The Morgan fingerprint density at radius 2 is 1.97 bits per heavy atom. The number of hydrogen-bond acceptors (Lipinski definition) is 7. The fourth-order valence-corrected chi connectivity index (χ4v) is 5.06. The molecule has 9 heteroatoms. The Hall–Kier alpha value is -1.97. The van der Waals surface area contributed by atoms with Crippen LogP contribution in [0.5, 0.6) is 11.5 Å². The highest BCUT2D eigenvalue weighted by molar-refractivity contribution is 9.10. The Kier molecular flexibility index (Phi) is 6.37. The lowest BCUT2D eigenvalue weighted by atomic mass is 10.3. The smallest absolute Gasteiger partial charge is 0.246 e. The highest BCUT2D eigenvalue weighted by Crippen LogP contribution is 2.46. The summed E-state index contributed by atoms with van der Waals surface area (Å²) in [6.07, 6.45) is 2.83. The van der Waals surface area contributed by atoms with E-state index in [1.54, 1.807) is 11.8 Å². The van der Waals surface area contributed by atoms with Gasteiger partial charge in [-0.2, -0.15) is 0 Å². The molecule has 0 unspecified atom stereocenters. The molecule has 0 radical (unpaired) electrons. The van der Waals surface area contributed by atoms with Crippen LogP contribution in [0.2, 0.25) is 0 Å². The third-order valence-corrected chi connectivity index (χ3v) is 6.86. The van der Waals surface area contributed by atoms with Gasteiger partial charge in [-0.15, -0.1) is 0 Å². The van der Waals surface area contributed by atoms with Gasteiger partial charge in [-0.05, 0) is 47.1 Å². The lowest BCUT2D eigenvalue weighted by molar-refractivity contribution is -0.0432. The van der Waals surface area contributed by atoms with Gasteiger partial charge < -0.3 is 24.7 Å². The number of aryl methyl sites for hydroxylation is 1. The van der Waals surface area contributed by atoms with E-state index in [-0.39, 0.29) is 0 Å². The van der Waals surface area contributed by atoms with Gasteiger partial charge in [0.25, 0.3) is 0 Å². The molecule has 0 amide bonds. The molecule has 2 N–H and O–H groups in total. The normalized spacial score (nSPS) is 14.5. The second kappa shape index (κ2) is 8.88. The summed E-state index contributed by atoms with van der Waals surface area (Å²) in [4.78, 5) is 10.4. The predicted octanol–water partition coefficient (Wildman–Crippen LogP) is 5.28. The highest BCUT2D eigenvalue weighted by Gasteiger charge is 2.32. The van der Waals surface area contributed by atoms with Crippen LogP contribution in [0.4, 0.5) is 5.82 Å². The maximum absolute atomic E-state index is 5.94. The summed E-state index contributed by atoms with van der Waals surface area (Å²) in [6, 6.07) is 6.48. The van der Waals surface area contributed by atoms with Crippen LogP contribution in [0.1, 0.15) is 34.1 Å². The van der Waals surface area contributed by atoms with Gasteiger partial charge in [0.1, 0.15) is 5.52 Å². The second-order valence-electron chi connectivity index (χ2n) is 8.22. The number of benzene rings is 1. The maximum atomic E-state index is 5.94. The first-order valence-corrected chi connectivity index (χ1v) is 12.0. The molecule has 0 atom stereocenters. The van der Waals surface area contributed by atoms with E-state index >= 15 is 0 Å². The van der Waals surface area contributed by atoms with Crippen molar-refractivity contribution < 1.29 is 9.47 Å². The average molecular weight is 506 g/mol. The van der Waals surface area contributed by atoms with Crippen LogP contribution >= 0.6 is 27.7 Å². The molecular formula is C22H28BrN5O2S. The first kappa shape index (κ1) is 22.2. The number of hydrogen-bond donors (Lipinski definition) is 2. The van der Waals surface area contributed by atoms with E-state index in [9.17, 15) is 0 Å². The lowest BCUT2D eigenvalue weighted by Gasteiger charge is -2.16. The van der Waals surface area contributed by atoms with Gasteiger partial charge in [-0.3, -0.25) is 0 Å². The third-order valence-electron chi connectivity index (χ3n) is 4.89. The largest absolute Gasteiger partial charge is 0.449 e. The molecular weight excluding hydrogens is 478 g/mol. The number of rotatable bonds is 8. The molecule has 7 nitrogen and oxygen atoms in total. The van der Waals surface area contributed by atoms with Crippen LogP contribution in [-0.4, -0.2) is 40.0 Å². The summed E-state index contributed by atoms with van der Waals surface area (Å²) >= 11 is 5.30. The van der Waals surface area contributed by atoms with Gasteiger partial charge in [0.05, 0.1) is 5.52 Å². The lowest BCUT2D eigenvalue weighted by Crippen LogP contribution is -2.29. The van der Waals surface area contributed by atoms with Crippen molar-refractivity contribution in [3.8, 4) is 11.5 Å². The summed E-state index contributed by atoms with van der Waals surface area (Å²) in [5.41, 5.74) is 1.95. The van der Waals surface area contributed by atoms with E-state index in [0.717, 1.165) is 62.4 Å². The van der Waals surface area contributed by atoms with E-state index in [0.29, 0.717) is 6.04 Å². The molecule has 0 bridgehead atoms. The first-order valence-electron chi connectivity index (χ1n) is 10.4. The molecule has 4 rings (SSSR count). The van der Waals surface area contributed by atoms with E-state index < -0.39 is 5.79 Å². The number of anilines is 1. The van der Waals surface area contributed by atoms with Crippen molar-refractivity contribution in [2.24, 2.45) is 0 Å². The number of nitrogens with one attached hydrogen (secondary N) is 2. The SMILES string of the molecule is CNc1nccc2c1nc(Sc1cc3c(cc1Br)OC(C)(C)O3)n2CCCNC(C)C. The minimum Gasteiger partial charge on any atom is -0.449 e. The number of imidazole rings is 1. The van der Waals surface area contributed by atoms with E-state index in [2.05, 4.69) is 50.0 Å². The summed E-state index contributed by atoms with van der Waals surface area (Å²) in [5, 5.41) is 7.57. The molecule has 3 aromatic rings. The zero-order valence-corrected chi connectivity index (χ0v) is 20.9. The second-order valence-corrected chi connectivity index (χ2v) is 10.1. The molecule has 0 fully saturated rings. The fourth-order valence-electron chi connectivity index (χ4n) is 3.54. The van der Waals surface area contributed by atoms with Gasteiger partial charge in [0, 0.05) is 49.0 Å². The van der Waals surface area contributed by atoms with Crippen molar-refractivity contribution in [2.75, 3.05) is 18.9 Å². The Morgan fingerprint density at radius 3 is 2.68 bits per heavy atom. The minimum absolute atomic E-state index is 0.474. The number of nitrogens with zero attached hydrogens (tertiary/aromatic N) is 3. The molecule has 1 aromatic carbocycles. The number of halogens is 1. The standard InChI is InChI=1S/C22H28BrN5O2S/c1-13(2)25-8-6-10-28-15-7-9-26-20(24-5)19(15)27-21(28)31-18-12-17-16(11-14(18)23)29-22(3,4)30-17/h7,9,11-13,25H,6,8,10H2,1-5H3,(H,24,26). The van der Waals surface area contributed by atoms with E-state index in [1.807, 2.05) is 45.3 Å². The Balaban J connectivity index is 1.68. The Bertz CT molecular complexity index is 1100. The Labute approximate surface area is 195 Å². The van der Waals surface area contributed by atoms with Gasteiger partial charge in [0.15, 0.2) is 22.5 Å². The minimum atomic E-state index is -0.658. The molecule has 31 heavy (non-hydrogen) atoms. The van der Waals surface area contributed by atoms with E-state index in [4.69, 9.17) is 14.5 Å². The molecule has 2 aromatic heterocycles. The molecule has 1 aliphatic heterocycles. The first-order chi connectivity index (χ1) is 14.8. The average Bonchev–Trinajstić information content (AvgIpc) is 3.20. The zero-order valence-electron chi connectivity index (χ0n) is 18.5. The number of pyridine rings is 1. The quantitative estimate of drug-likeness (QED) is 0.403. The molecule has 3 heterocycles. The van der Waals surface area contributed by atoms with Gasteiger partial charge in [-0.1, -0.05) is 25.6 Å². The fraction of sp³-hybridized carbons (Fsp3) is 0.455. The summed E-state index contributed by atoms with van der Waals surface area (Å²) in [7, 11) is 1.87. The Morgan fingerprint density at radius 1 is 1.23 bits per heavy atom. The van der Waals surface area contributed by atoms with Crippen molar-refractivity contribution >= 4 is 44.5 Å². The van der Waals surface area contributed by atoms with Crippen molar-refractivity contribution in [1.82, 2.24) is 19.9 Å². The van der Waals surface area contributed by atoms with Gasteiger partial charge in [0.2, 0.25) is 5.79 Å². The molecule has 0 spiro atoms. The predicted molar refractivity (Wildman–Crippen MR) is 128 cm³/mol. The van der Waals surface area contributed by atoms with Crippen LogP contribution in [0.15, 0.2) is 38.9 Å². The third kappa shape index (κ3) is 4.78. The summed E-state index contributed by atoms with van der Waals surface area (Å²) < 4.78 is 15.0. The van der Waals surface area contributed by atoms with Crippen molar-refractivity contribution in [1.29, 1.82) is 0 Å². The van der Waals surface area contributed by atoms with Crippen LogP contribution in [-0.2, 0) is 6.54 Å². The monoisotopic (exact) mass is 505 g/mol. The van der Waals surface area contributed by atoms with Crippen LogP contribution < -0.4 is 20.1 Å². The van der Waals surface area contributed by atoms with Crippen LogP contribution in [0.25, 0.3) is 11.0 Å². The highest BCUT2D eigenvalue weighted by atomic mass is 79.9. The van der Waals surface area contributed by atoms with Crippen molar-refractivity contribution in [2.45, 2.75) is 62.5 Å². The maximum Gasteiger partial charge on any atom is 0.246 e. The molecule has 0 saturated carbocycles. The molecule has 0 saturated heterocycles. The summed E-state index contributed by atoms with van der Waals surface area (Å²) in [5.74, 6) is 1.62. The summed E-state index contributed by atoms with van der Waals surface area (Å²) in [6.45, 7) is 9.96. The topological polar surface area (TPSA) is 73.2 Å². The van der Waals surface area contributed by atoms with Crippen molar-refractivity contribution in [3.63, 3.8) is 0 Å². The zero-order chi connectivity index (χ0) is 22.2. The molecule has 166 valence electrons. The number of aromatic nitrogens is 3. The van der Waals surface area contributed by atoms with Crippen LogP contribution in [0, 0.1) is 0 Å². The van der Waals surface area contributed by atoms with Gasteiger partial charge in [-0.25, -0.2) is 9.97 Å². The van der Waals surface area contributed by atoms with Gasteiger partial charge >= 0.3 is 0 Å². The number of ether oxygens (including phenoxy) is 2. The molecule has 1 aliphatic rings.